The van der Waals surface area contributed by atoms with Crippen LogP contribution in [-0.4, -0.2) is 49.1 Å². The van der Waals surface area contributed by atoms with E-state index in [1.807, 2.05) is 47.4 Å². The zero-order chi connectivity index (χ0) is 20.8. The Labute approximate surface area is 175 Å². The number of hydrogen-bond donors (Lipinski definition) is 0. The minimum Gasteiger partial charge on any atom is -0.493 e. The fourth-order valence-electron chi connectivity index (χ4n) is 3.28. The van der Waals surface area contributed by atoms with Gasteiger partial charge in [-0.1, -0.05) is 36.9 Å². The molecule has 1 amide bonds. The number of carbonyl (C=O) groups excluding carboxylic acids is 1. The first kappa shape index (κ1) is 21.0. The Kier molecular flexibility index (Phi) is 7.04. The van der Waals surface area contributed by atoms with Gasteiger partial charge in [0.15, 0.2) is 16.7 Å². The Hall–Kier alpha value is -2.67. The molecule has 0 radical (unpaired) electrons. The molecule has 0 aromatic heterocycles. The van der Waals surface area contributed by atoms with Crippen molar-refractivity contribution in [3.8, 4) is 17.2 Å². The van der Waals surface area contributed by atoms with Gasteiger partial charge in [-0.15, -0.1) is 0 Å². The molecule has 1 saturated heterocycles. The molecule has 3 rings (SSSR count). The number of amidine groups is 1. The third-order valence-corrected chi connectivity index (χ3v) is 5.87. The first-order chi connectivity index (χ1) is 14.1. The molecule has 2 aromatic carbocycles. The molecule has 2 aromatic rings. The molecule has 1 atom stereocenters. The molecule has 29 heavy (non-hydrogen) atoms. The fourth-order valence-corrected chi connectivity index (χ4v) is 4.56. The van der Waals surface area contributed by atoms with Gasteiger partial charge >= 0.3 is 0 Å². The van der Waals surface area contributed by atoms with Gasteiger partial charge in [0, 0.05) is 11.8 Å². The Morgan fingerprint density at radius 2 is 1.76 bits per heavy atom. The van der Waals surface area contributed by atoms with E-state index in [0.29, 0.717) is 17.2 Å². The van der Waals surface area contributed by atoms with Crippen LogP contribution in [0.1, 0.15) is 18.9 Å². The second kappa shape index (κ2) is 9.69. The number of benzene rings is 2. The van der Waals surface area contributed by atoms with E-state index in [2.05, 4.69) is 6.92 Å². The Morgan fingerprint density at radius 1 is 1.10 bits per heavy atom. The van der Waals surface area contributed by atoms with Crippen molar-refractivity contribution in [2.45, 2.75) is 25.8 Å². The van der Waals surface area contributed by atoms with E-state index >= 15 is 0 Å². The number of thioether (sulfide) groups is 1. The molecule has 1 aliphatic rings. The van der Waals surface area contributed by atoms with Gasteiger partial charge in [-0.25, -0.2) is 4.99 Å². The van der Waals surface area contributed by atoms with Gasteiger partial charge in [0.2, 0.25) is 11.7 Å². The lowest BCUT2D eigenvalue weighted by Crippen LogP contribution is -2.39. The summed E-state index contributed by atoms with van der Waals surface area (Å²) < 4.78 is 16.2. The molecule has 0 saturated carbocycles. The van der Waals surface area contributed by atoms with Gasteiger partial charge in [0.05, 0.1) is 33.4 Å². The molecule has 0 aliphatic carbocycles. The van der Waals surface area contributed by atoms with Crippen molar-refractivity contribution in [1.82, 2.24) is 4.90 Å². The summed E-state index contributed by atoms with van der Waals surface area (Å²) >= 11 is 1.62. The van der Waals surface area contributed by atoms with Gasteiger partial charge in [0.1, 0.15) is 0 Å². The van der Waals surface area contributed by atoms with Crippen LogP contribution in [0, 0.1) is 0 Å². The number of nitrogens with zero attached hydrogens (tertiary/aromatic N) is 2. The van der Waals surface area contributed by atoms with Gasteiger partial charge < -0.3 is 14.2 Å². The third-order valence-electron chi connectivity index (χ3n) is 4.78. The van der Waals surface area contributed by atoms with E-state index in [4.69, 9.17) is 19.2 Å². The SMILES string of the molecule is CC[C@@H]1CSC(=Nc2ccccc2)N1C(=O)Cc1cc(OC)c(OC)c(OC)c1. The first-order valence-electron chi connectivity index (χ1n) is 9.48. The fraction of sp³-hybridized carbons (Fsp3) is 0.364. The Bertz CT molecular complexity index is 861. The number of para-hydroxylation sites is 1. The average Bonchev–Trinajstić information content (AvgIpc) is 3.16. The average molecular weight is 415 g/mol. The molecule has 6 nitrogen and oxygen atoms in total. The van der Waals surface area contributed by atoms with Crippen molar-refractivity contribution in [3.05, 3.63) is 48.0 Å². The highest BCUT2D eigenvalue weighted by atomic mass is 32.2. The first-order valence-corrected chi connectivity index (χ1v) is 10.5. The van der Waals surface area contributed by atoms with Crippen LogP contribution in [0.25, 0.3) is 0 Å². The van der Waals surface area contributed by atoms with Crippen LogP contribution in [0.2, 0.25) is 0 Å². The quantitative estimate of drug-likeness (QED) is 0.676. The predicted octanol–water partition coefficient (Wildman–Crippen LogP) is 4.30. The molecule has 0 N–H and O–H groups in total. The van der Waals surface area contributed by atoms with Gasteiger partial charge in [-0.3, -0.25) is 9.69 Å². The zero-order valence-corrected chi connectivity index (χ0v) is 18.0. The van der Waals surface area contributed by atoms with Crippen LogP contribution in [0.5, 0.6) is 17.2 Å². The maximum Gasteiger partial charge on any atom is 0.233 e. The van der Waals surface area contributed by atoms with E-state index in [1.54, 1.807) is 33.1 Å². The number of methoxy groups -OCH3 is 3. The lowest BCUT2D eigenvalue weighted by Gasteiger charge is -2.23. The second-order valence-corrected chi connectivity index (χ2v) is 7.56. The summed E-state index contributed by atoms with van der Waals surface area (Å²) in [6.07, 6.45) is 1.10. The van der Waals surface area contributed by atoms with E-state index in [1.165, 1.54) is 0 Å². The number of rotatable bonds is 7. The van der Waals surface area contributed by atoms with Gasteiger partial charge in [-0.05, 0) is 36.2 Å². The number of carbonyl (C=O) groups is 1. The van der Waals surface area contributed by atoms with Crippen molar-refractivity contribution in [1.29, 1.82) is 0 Å². The summed E-state index contributed by atoms with van der Waals surface area (Å²) in [5.41, 5.74) is 1.65. The maximum absolute atomic E-state index is 13.3. The summed E-state index contributed by atoms with van der Waals surface area (Å²) in [4.78, 5) is 19.8. The highest BCUT2D eigenvalue weighted by Crippen LogP contribution is 2.38. The van der Waals surface area contributed by atoms with Crippen molar-refractivity contribution in [2.24, 2.45) is 4.99 Å². The molecule has 7 heteroatoms. The Morgan fingerprint density at radius 3 is 2.31 bits per heavy atom. The van der Waals surface area contributed by atoms with Crippen molar-refractivity contribution < 1.29 is 19.0 Å². The maximum atomic E-state index is 13.3. The Balaban J connectivity index is 1.88. The monoisotopic (exact) mass is 414 g/mol. The number of ether oxygens (including phenoxy) is 3. The summed E-state index contributed by atoms with van der Waals surface area (Å²) in [6, 6.07) is 13.5. The molecule has 0 spiro atoms. The van der Waals surface area contributed by atoms with Crippen LogP contribution in [0.15, 0.2) is 47.5 Å². The van der Waals surface area contributed by atoms with Crippen LogP contribution in [0.4, 0.5) is 5.69 Å². The number of aliphatic imine (C=N–C) groups is 1. The van der Waals surface area contributed by atoms with Gasteiger partial charge in [-0.2, -0.15) is 0 Å². The lowest BCUT2D eigenvalue weighted by atomic mass is 10.1. The van der Waals surface area contributed by atoms with E-state index in [-0.39, 0.29) is 18.4 Å². The molecular formula is C22H26N2O4S. The van der Waals surface area contributed by atoms with Crippen LogP contribution in [-0.2, 0) is 11.2 Å². The molecule has 1 aliphatic heterocycles. The second-order valence-electron chi connectivity index (χ2n) is 6.58. The summed E-state index contributed by atoms with van der Waals surface area (Å²) in [5.74, 6) is 2.45. The number of hydrogen-bond acceptors (Lipinski definition) is 6. The van der Waals surface area contributed by atoms with E-state index in [0.717, 1.165) is 28.6 Å². The van der Waals surface area contributed by atoms with Crippen molar-refractivity contribution in [3.63, 3.8) is 0 Å². The van der Waals surface area contributed by atoms with Crippen LogP contribution >= 0.6 is 11.8 Å². The lowest BCUT2D eigenvalue weighted by molar-refractivity contribution is -0.127. The summed E-state index contributed by atoms with van der Waals surface area (Å²) in [7, 11) is 4.69. The molecule has 154 valence electrons. The van der Waals surface area contributed by atoms with Crippen LogP contribution in [0.3, 0.4) is 0 Å². The molecule has 0 unspecified atom stereocenters. The largest absolute Gasteiger partial charge is 0.493 e. The van der Waals surface area contributed by atoms with Crippen molar-refractivity contribution >= 4 is 28.5 Å². The molecule has 1 fully saturated rings. The van der Waals surface area contributed by atoms with Crippen LogP contribution < -0.4 is 14.2 Å². The minimum atomic E-state index is 0.00537. The molecule has 1 heterocycles. The number of amides is 1. The predicted molar refractivity (Wildman–Crippen MR) is 117 cm³/mol. The summed E-state index contributed by atoms with van der Waals surface area (Å²) in [6.45, 7) is 2.09. The highest BCUT2D eigenvalue weighted by molar-refractivity contribution is 8.14. The topological polar surface area (TPSA) is 60.4 Å². The van der Waals surface area contributed by atoms with E-state index < -0.39 is 0 Å². The molecular weight excluding hydrogens is 388 g/mol. The third kappa shape index (κ3) is 4.67. The van der Waals surface area contributed by atoms with E-state index in [9.17, 15) is 4.79 Å². The highest BCUT2D eigenvalue weighted by Gasteiger charge is 2.34. The summed E-state index contributed by atoms with van der Waals surface area (Å²) in [5, 5.41) is 0.750. The standard InChI is InChI=1S/C22H26N2O4S/c1-5-17-14-29-22(23-16-9-7-6-8-10-16)24(17)20(25)13-15-11-18(26-2)21(28-4)19(12-15)27-3/h6-12,17H,5,13-14H2,1-4H3/t17-/m1/s1. The normalized spacial score (nSPS) is 17.4. The molecule has 0 bridgehead atoms. The smallest absolute Gasteiger partial charge is 0.233 e. The van der Waals surface area contributed by atoms with Crippen molar-refractivity contribution in [2.75, 3.05) is 27.1 Å². The zero-order valence-electron chi connectivity index (χ0n) is 17.2. The minimum absolute atomic E-state index is 0.00537. The van der Waals surface area contributed by atoms with Gasteiger partial charge in [0.25, 0.3) is 0 Å².